The molecule has 1 aromatic carbocycles. The first kappa shape index (κ1) is 19.9. The molecule has 1 saturated heterocycles. The average molecular weight is 391 g/mol. The van der Waals surface area contributed by atoms with Gasteiger partial charge >= 0.3 is 0 Å². The number of halogens is 1. The van der Waals surface area contributed by atoms with E-state index in [4.69, 9.17) is 16.0 Å². The molecule has 1 aliphatic heterocycles. The molecule has 1 fully saturated rings. The number of benzene rings is 1. The van der Waals surface area contributed by atoms with Crippen LogP contribution in [0.4, 0.5) is 0 Å². The van der Waals surface area contributed by atoms with Gasteiger partial charge in [-0.1, -0.05) is 11.6 Å². The normalized spacial score (nSPS) is 16.7. The van der Waals surface area contributed by atoms with Crippen molar-refractivity contribution >= 4 is 17.5 Å². The van der Waals surface area contributed by atoms with Gasteiger partial charge in [-0.05, 0) is 52.2 Å². The van der Waals surface area contributed by atoms with E-state index >= 15 is 0 Å². The molecule has 2 heterocycles. The summed E-state index contributed by atoms with van der Waals surface area (Å²) in [5.41, 5.74) is 1.85. The number of piperazine rings is 1. The lowest BCUT2D eigenvalue weighted by Crippen LogP contribution is -2.51. The highest BCUT2D eigenvalue weighted by Gasteiger charge is 2.28. The van der Waals surface area contributed by atoms with Crippen LogP contribution >= 0.6 is 11.6 Å². The van der Waals surface area contributed by atoms with E-state index in [1.807, 2.05) is 55.1 Å². The highest BCUT2D eigenvalue weighted by atomic mass is 35.5. The van der Waals surface area contributed by atoms with Crippen molar-refractivity contribution in [3.63, 3.8) is 0 Å². The van der Waals surface area contributed by atoms with Gasteiger partial charge in [0.15, 0.2) is 5.76 Å². The second-order valence-electron chi connectivity index (χ2n) is 7.30. The highest BCUT2D eigenvalue weighted by Crippen LogP contribution is 2.30. The van der Waals surface area contributed by atoms with Crippen molar-refractivity contribution in [2.75, 3.05) is 46.8 Å². The molecule has 0 spiro atoms. The maximum atomic E-state index is 12.2. The van der Waals surface area contributed by atoms with Crippen molar-refractivity contribution in [3.05, 3.63) is 40.9 Å². The van der Waals surface area contributed by atoms with Crippen LogP contribution in [0, 0.1) is 6.92 Å². The van der Waals surface area contributed by atoms with Crippen LogP contribution < -0.4 is 0 Å². The molecule has 1 aromatic heterocycles. The van der Waals surface area contributed by atoms with Crippen LogP contribution in [0.25, 0.3) is 11.3 Å². The Labute approximate surface area is 165 Å². The maximum absolute atomic E-state index is 12.2. The number of aromatic nitrogens is 1. The molecule has 146 valence electrons. The predicted octanol–water partition coefficient (Wildman–Crippen LogP) is 3.07. The van der Waals surface area contributed by atoms with Crippen LogP contribution in [0.3, 0.4) is 0 Å². The Morgan fingerprint density at radius 1 is 1.22 bits per heavy atom. The zero-order valence-corrected chi connectivity index (χ0v) is 17.2. The van der Waals surface area contributed by atoms with Gasteiger partial charge in [-0.25, -0.2) is 4.98 Å². The number of carbonyl (C=O) groups is 1. The van der Waals surface area contributed by atoms with E-state index in [9.17, 15) is 4.79 Å². The van der Waals surface area contributed by atoms with Gasteiger partial charge in [0.25, 0.3) is 0 Å². The van der Waals surface area contributed by atoms with Gasteiger partial charge in [-0.15, -0.1) is 0 Å². The third kappa shape index (κ3) is 4.69. The highest BCUT2D eigenvalue weighted by molar-refractivity contribution is 6.30. The smallest absolute Gasteiger partial charge is 0.236 e. The van der Waals surface area contributed by atoms with Gasteiger partial charge < -0.3 is 14.2 Å². The lowest BCUT2D eigenvalue weighted by atomic mass is 10.1. The zero-order valence-electron chi connectivity index (χ0n) is 16.4. The van der Waals surface area contributed by atoms with Gasteiger partial charge in [0.1, 0.15) is 0 Å². The summed E-state index contributed by atoms with van der Waals surface area (Å²) >= 11 is 5.97. The summed E-state index contributed by atoms with van der Waals surface area (Å²) in [5, 5.41) is 0.700. The van der Waals surface area contributed by atoms with Gasteiger partial charge in [0.2, 0.25) is 11.8 Å². The van der Waals surface area contributed by atoms with E-state index in [0.717, 1.165) is 43.2 Å². The summed E-state index contributed by atoms with van der Waals surface area (Å²) in [6, 6.07) is 7.66. The first-order valence-corrected chi connectivity index (χ1v) is 9.62. The van der Waals surface area contributed by atoms with Crippen LogP contribution in [0.1, 0.15) is 24.6 Å². The summed E-state index contributed by atoms with van der Waals surface area (Å²) < 4.78 is 6.10. The lowest BCUT2D eigenvalue weighted by molar-refractivity contribution is -0.133. The zero-order chi connectivity index (χ0) is 19.6. The summed E-state index contributed by atoms with van der Waals surface area (Å²) in [4.78, 5) is 23.0. The van der Waals surface area contributed by atoms with E-state index < -0.39 is 0 Å². The molecule has 1 amide bonds. The third-order valence-electron chi connectivity index (χ3n) is 4.94. The Bertz CT molecular complexity index is 780. The number of carbonyl (C=O) groups excluding carboxylic acids is 1. The van der Waals surface area contributed by atoms with Crippen LogP contribution in [0.2, 0.25) is 5.02 Å². The summed E-state index contributed by atoms with van der Waals surface area (Å²) in [6.45, 7) is 7.63. The predicted molar refractivity (Wildman–Crippen MR) is 107 cm³/mol. The fourth-order valence-electron chi connectivity index (χ4n) is 3.35. The van der Waals surface area contributed by atoms with Gasteiger partial charge in [-0.3, -0.25) is 9.69 Å². The first-order chi connectivity index (χ1) is 12.8. The molecule has 2 aromatic rings. The molecule has 1 aliphatic rings. The Kier molecular flexibility index (Phi) is 6.19. The number of likely N-dealkylation sites (N-methyl/N-ethyl adjacent to an activating group) is 1. The Morgan fingerprint density at radius 2 is 1.85 bits per heavy atom. The molecule has 0 bridgehead atoms. The number of rotatable bonds is 5. The lowest BCUT2D eigenvalue weighted by Gasteiger charge is -2.37. The second-order valence-corrected chi connectivity index (χ2v) is 7.74. The quantitative estimate of drug-likeness (QED) is 0.785. The third-order valence-corrected chi connectivity index (χ3v) is 5.20. The number of hydrogen-bond donors (Lipinski definition) is 0. The molecule has 0 saturated carbocycles. The van der Waals surface area contributed by atoms with Crippen molar-refractivity contribution < 1.29 is 9.21 Å². The molecule has 0 radical (unpaired) electrons. The molecular weight excluding hydrogens is 364 g/mol. The largest absolute Gasteiger partial charge is 0.439 e. The van der Waals surface area contributed by atoms with Crippen molar-refractivity contribution in [1.29, 1.82) is 0 Å². The number of oxazole rings is 1. The van der Waals surface area contributed by atoms with Crippen molar-refractivity contribution in [2.24, 2.45) is 0 Å². The van der Waals surface area contributed by atoms with Crippen LogP contribution in [-0.4, -0.2) is 72.4 Å². The van der Waals surface area contributed by atoms with Crippen molar-refractivity contribution in [3.8, 4) is 11.3 Å². The van der Waals surface area contributed by atoms with E-state index in [0.29, 0.717) is 17.5 Å². The molecule has 0 N–H and O–H groups in total. The first-order valence-electron chi connectivity index (χ1n) is 9.25. The fraction of sp³-hybridized carbons (Fsp3) is 0.500. The summed E-state index contributed by atoms with van der Waals surface area (Å²) in [5.74, 6) is 1.68. The van der Waals surface area contributed by atoms with E-state index in [1.54, 1.807) is 0 Å². The average Bonchev–Trinajstić information content (AvgIpc) is 3.03. The second kappa shape index (κ2) is 8.42. The fourth-order valence-corrected chi connectivity index (χ4v) is 3.48. The minimum atomic E-state index is 0.0656. The monoisotopic (exact) mass is 390 g/mol. The molecule has 3 rings (SSSR count). The summed E-state index contributed by atoms with van der Waals surface area (Å²) in [7, 11) is 3.83. The molecule has 27 heavy (non-hydrogen) atoms. The standard InChI is InChI=1S/C20H27ClN4O2/c1-14-19(16-5-7-17(21)8-6-16)27-20(22-14)15(2)24-9-11-25(12-10-24)18(26)13-23(3)4/h5-8,15H,9-13H2,1-4H3. The minimum absolute atomic E-state index is 0.0656. The van der Waals surface area contributed by atoms with Crippen LogP contribution in [0.15, 0.2) is 28.7 Å². The van der Waals surface area contributed by atoms with Gasteiger partial charge in [0.05, 0.1) is 18.3 Å². The maximum Gasteiger partial charge on any atom is 0.236 e. The Balaban J connectivity index is 1.65. The van der Waals surface area contributed by atoms with E-state index in [2.05, 4.69) is 16.8 Å². The van der Waals surface area contributed by atoms with Crippen LogP contribution in [-0.2, 0) is 4.79 Å². The van der Waals surface area contributed by atoms with Crippen molar-refractivity contribution in [1.82, 2.24) is 19.7 Å². The molecular formula is C20H27ClN4O2. The molecule has 1 unspecified atom stereocenters. The Morgan fingerprint density at radius 3 is 2.44 bits per heavy atom. The number of hydrogen-bond acceptors (Lipinski definition) is 5. The topological polar surface area (TPSA) is 52.8 Å². The SMILES string of the molecule is Cc1nc(C(C)N2CCN(C(=O)CN(C)C)CC2)oc1-c1ccc(Cl)cc1. The molecule has 0 aliphatic carbocycles. The molecule has 7 heteroatoms. The van der Waals surface area contributed by atoms with E-state index in [-0.39, 0.29) is 11.9 Å². The number of aryl methyl sites for hydroxylation is 1. The Hall–Kier alpha value is -1.89. The molecule has 1 atom stereocenters. The van der Waals surface area contributed by atoms with Crippen LogP contribution in [0.5, 0.6) is 0 Å². The summed E-state index contributed by atoms with van der Waals surface area (Å²) in [6.07, 6.45) is 0. The number of nitrogens with zero attached hydrogens (tertiary/aromatic N) is 4. The van der Waals surface area contributed by atoms with Crippen molar-refractivity contribution in [2.45, 2.75) is 19.9 Å². The van der Waals surface area contributed by atoms with Gasteiger partial charge in [0, 0.05) is 36.8 Å². The van der Waals surface area contributed by atoms with E-state index in [1.165, 1.54) is 0 Å². The minimum Gasteiger partial charge on any atom is -0.439 e. The molecule has 6 nitrogen and oxygen atoms in total. The number of amides is 1. The van der Waals surface area contributed by atoms with Gasteiger partial charge in [-0.2, -0.15) is 0 Å².